The largest absolute Gasteiger partial charge is 0.493 e. The molecule has 1 aliphatic rings. The van der Waals surface area contributed by atoms with Crippen LogP contribution >= 0.6 is 11.3 Å². The van der Waals surface area contributed by atoms with E-state index in [1.807, 2.05) is 61.5 Å². The maximum atomic E-state index is 13.7. The maximum absolute atomic E-state index is 13.7. The van der Waals surface area contributed by atoms with Gasteiger partial charge in [0.05, 0.1) is 35.1 Å². The second kappa shape index (κ2) is 10.4. The van der Waals surface area contributed by atoms with E-state index in [9.17, 15) is 9.59 Å². The highest BCUT2D eigenvalue weighted by Crippen LogP contribution is 2.31. The SMILES string of the molecule is CCOC(=O)C1=C(C)N=c2s/c(=C\c3ccccc3OCC)c(=O)n2[C@@H]1c1ccc(C(C)C)cc1. The summed E-state index contributed by atoms with van der Waals surface area (Å²) < 4.78 is 13.2. The fourth-order valence-electron chi connectivity index (χ4n) is 4.20. The molecule has 0 radical (unpaired) electrons. The second-order valence-electron chi connectivity index (χ2n) is 8.59. The molecule has 0 saturated heterocycles. The van der Waals surface area contributed by atoms with Gasteiger partial charge in [0.25, 0.3) is 5.56 Å². The first-order valence-corrected chi connectivity index (χ1v) is 12.7. The fourth-order valence-corrected chi connectivity index (χ4v) is 5.24. The number of benzene rings is 2. The summed E-state index contributed by atoms with van der Waals surface area (Å²) in [7, 11) is 0. The van der Waals surface area contributed by atoms with Gasteiger partial charge in [-0.2, -0.15) is 0 Å². The van der Waals surface area contributed by atoms with Crippen molar-refractivity contribution in [3.05, 3.63) is 96.2 Å². The quantitative estimate of drug-likeness (QED) is 0.463. The first kappa shape index (κ1) is 24.7. The molecule has 182 valence electrons. The first-order chi connectivity index (χ1) is 16.8. The van der Waals surface area contributed by atoms with Crippen molar-refractivity contribution < 1.29 is 14.3 Å². The van der Waals surface area contributed by atoms with Crippen LogP contribution in [0, 0.1) is 0 Å². The Balaban J connectivity index is 1.93. The zero-order valence-corrected chi connectivity index (χ0v) is 21.5. The van der Waals surface area contributed by atoms with Crippen molar-refractivity contribution >= 4 is 23.4 Å². The second-order valence-corrected chi connectivity index (χ2v) is 9.60. The highest BCUT2D eigenvalue weighted by atomic mass is 32.1. The zero-order chi connectivity index (χ0) is 25.1. The zero-order valence-electron chi connectivity index (χ0n) is 20.7. The van der Waals surface area contributed by atoms with Gasteiger partial charge >= 0.3 is 5.97 Å². The van der Waals surface area contributed by atoms with Crippen LogP contribution in [-0.2, 0) is 9.53 Å². The summed E-state index contributed by atoms with van der Waals surface area (Å²) in [4.78, 5) is 32.0. The van der Waals surface area contributed by atoms with Crippen LogP contribution in [0.15, 0.2) is 69.6 Å². The predicted octanol–water partition coefficient (Wildman–Crippen LogP) is 4.32. The van der Waals surface area contributed by atoms with E-state index in [4.69, 9.17) is 9.47 Å². The van der Waals surface area contributed by atoms with E-state index < -0.39 is 12.0 Å². The van der Waals surface area contributed by atoms with Crippen molar-refractivity contribution in [3.63, 3.8) is 0 Å². The molecule has 2 aromatic carbocycles. The Kier molecular flexibility index (Phi) is 7.36. The summed E-state index contributed by atoms with van der Waals surface area (Å²) in [5.74, 6) is 0.631. The number of para-hydroxylation sites is 1. The van der Waals surface area contributed by atoms with E-state index in [0.29, 0.717) is 38.9 Å². The van der Waals surface area contributed by atoms with E-state index in [1.165, 1.54) is 16.9 Å². The van der Waals surface area contributed by atoms with Gasteiger partial charge in [0.1, 0.15) is 5.75 Å². The molecule has 1 aromatic heterocycles. The number of carbonyl (C=O) groups excluding carboxylic acids is 1. The first-order valence-electron chi connectivity index (χ1n) is 11.9. The van der Waals surface area contributed by atoms with Gasteiger partial charge < -0.3 is 9.47 Å². The highest BCUT2D eigenvalue weighted by Gasteiger charge is 2.33. The number of aromatic nitrogens is 1. The van der Waals surface area contributed by atoms with Crippen LogP contribution in [0.1, 0.15) is 63.3 Å². The number of nitrogens with zero attached hydrogens (tertiary/aromatic N) is 2. The van der Waals surface area contributed by atoms with Gasteiger partial charge in [-0.15, -0.1) is 0 Å². The van der Waals surface area contributed by atoms with Crippen LogP contribution in [0.4, 0.5) is 0 Å². The topological polar surface area (TPSA) is 69.9 Å². The summed E-state index contributed by atoms with van der Waals surface area (Å²) in [6, 6.07) is 15.1. The molecule has 1 atom stereocenters. The van der Waals surface area contributed by atoms with Gasteiger partial charge in [-0.05, 0) is 50.0 Å². The summed E-state index contributed by atoms with van der Waals surface area (Å²) in [5.41, 5.74) is 3.59. The Hall–Kier alpha value is -3.45. The van der Waals surface area contributed by atoms with E-state index in [2.05, 4.69) is 18.8 Å². The molecule has 0 unspecified atom stereocenters. The molecule has 0 bridgehead atoms. The molecule has 0 spiro atoms. The minimum absolute atomic E-state index is 0.202. The smallest absolute Gasteiger partial charge is 0.338 e. The average molecular weight is 491 g/mol. The van der Waals surface area contributed by atoms with Crippen molar-refractivity contribution in [2.45, 2.75) is 46.6 Å². The van der Waals surface area contributed by atoms with Crippen molar-refractivity contribution in [1.82, 2.24) is 4.57 Å². The number of hydrogen-bond donors (Lipinski definition) is 0. The van der Waals surface area contributed by atoms with E-state index >= 15 is 0 Å². The Morgan fingerprint density at radius 1 is 1.11 bits per heavy atom. The lowest BCUT2D eigenvalue weighted by molar-refractivity contribution is -0.139. The maximum Gasteiger partial charge on any atom is 0.338 e. The van der Waals surface area contributed by atoms with Gasteiger partial charge in [-0.3, -0.25) is 9.36 Å². The Labute approximate surface area is 208 Å². The Bertz CT molecular complexity index is 1450. The van der Waals surface area contributed by atoms with Crippen molar-refractivity contribution in [3.8, 4) is 5.75 Å². The van der Waals surface area contributed by atoms with Crippen LogP contribution in [0.5, 0.6) is 5.75 Å². The minimum atomic E-state index is -0.615. The third-order valence-corrected chi connectivity index (χ3v) is 6.92. The predicted molar refractivity (Wildman–Crippen MR) is 139 cm³/mol. The summed E-state index contributed by atoms with van der Waals surface area (Å²) in [6.45, 7) is 10.5. The fraction of sp³-hybridized carbons (Fsp3) is 0.321. The lowest BCUT2D eigenvalue weighted by Crippen LogP contribution is -2.39. The molecular weight excluding hydrogens is 460 g/mol. The molecule has 0 aliphatic carbocycles. The minimum Gasteiger partial charge on any atom is -0.493 e. The summed E-state index contributed by atoms with van der Waals surface area (Å²) in [5, 5.41) is 0. The summed E-state index contributed by atoms with van der Waals surface area (Å²) in [6.07, 6.45) is 1.83. The lowest BCUT2D eigenvalue weighted by Gasteiger charge is -2.25. The van der Waals surface area contributed by atoms with Crippen LogP contribution < -0.4 is 19.6 Å². The molecule has 2 heterocycles. The van der Waals surface area contributed by atoms with E-state index in [0.717, 1.165) is 11.1 Å². The van der Waals surface area contributed by atoms with Gasteiger partial charge in [0.15, 0.2) is 4.80 Å². The Morgan fingerprint density at radius 2 is 1.83 bits per heavy atom. The van der Waals surface area contributed by atoms with Crippen LogP contribution in [0.3, 0.4) is 0 Å². The number of ether oxygens (including phenoxy) is 2. The van der Waals surface area contributed by atoms with Crippen molar-refractivity contribution in [2.24, 2.45) is 4.99 Å². The molecule has 35 heavy (non-hydrogen) atoms. The third kappa shape index (κ3) is 4.86. The third-order valence-electron chi connectivity index (χ3n) is 5.94. The number of rotatable bonds is 7. The number of esters is 1. The molecule has 0 saturated carbocycles. The molecule has 0 N–H and O–H groups in total. The normalized spacial score (nSPS) is 15.7. The number of fused-ring (bicyclic) bond motifs is 1. The van der Waals surface area contributed by atoms with Crippen LogP contribution in [-0.4, -0.2) is 23.8 Å². The molecule has 1 aliphatic heterocycles. The Morgan fingerprint density at radius 3 is 2.49 bits per heavy atom. The lowest BCUT2D eigenvalue weighted by atomic mass is 9.93. The monoisotopic (exact) mass is 490 g/mol. The van der Waals surface area contributed by atoms with Gasteiger partial charge in [0.2, 0.25) is 0 Å². The number of thiazole rings is 1. The average Bonchev–Trinajstić information content (AvgIpc) is 3.14. The van der Waals surface area contributed by atoms with Crippen molar-refractivity contribution in [1.29, 1.82) is 0 Å². The molecule has 7 heteroatoms. The molecule has 3 aromatic rings. The number of hydrogen-bond acceptors (Lipinski definition) is 6. The van der Waals surface area contributed by atoms with Gasteiger partial charge in [-0.1, -0.05) is 67.6 Å². The molecule has 0 amide bonds. The summed E-state index contributed by atoms with van der Waals surface area (Å²) >= 11 is 1.31. The number of carbonyl (C=O) groups is 1. The van der Waals surface area contributed by atoms with Gasteiger partial charge in [-0.25, -0.2) is 9.79 Å². The van der Waals surface area contributed by atoms with E-state index in [1.54, 1.807) is 18.4 Å². The van der Waals surface area contributed by atoms with Crippen LogP contribution in [0.25, 0.3) is 6.08 Å². The molecular formula is C28H30N2O4S. The number of allylic oxidation sites excluding steroid dienone is 1. The highest BCUT2D eigenvalue weighted by molar-refractivity contribution is 7.07. The van der Waals surface area contributed by atoms with E-state index in [-0.39, 0.29) is 12.2 Å². The molecule has 0 fully saturated rings. The molecule has 6 nitrogen and oxygen atoms in total. The standard InChI is InChI=1S/C28H30N2O4S/c1-6-33-22-11-9-8-10-21(22)16-23-26(31)30-25(20-14-12-19(13-15-20)17(3)4)24(27(32)34-7-2)18(5)29-28(30)35-23/h8-17,25H,6-7H2,1-5H3/b23-16-/t25-/m1/s1. The molecule has 4 rings (SSSR count). The van der Waals surface area contributed by atoms with Crippen LogP contribution in [0.2, 0.25) is 0 Å². The van der Waals surface area contributed by atoms with Crippen molar-refractivity contribution in [2.75, 3.05) is 13.2 Å². The van der Waals surface area contributed by atoms with Gasteiger partial charge in [0, 0.05) is 5.56 Å².